The molecule has 10 heteroatoms. The SMILES string of the molecule is O=C(NCCN1CCN(c2cccc(Cl)c2)CC1)c1nnc(C(=O)Nc2ccccc2)s1. The summed E-state index contributed by atoms with van der Waals surface area (Å²) in [5.41, 5.74) is 1.79. The minimum absolute atomic E-state index is 0.149. The molecule has 32 heavy (non-hydrogen) atoms. The molecule has 0 aliphatic carbocycles. The molecule has 166 valence electrons. The van der Waals surface area contributed by atoms with Gasteiger partial charge in [0.15, 0.2) is 0 Å². The van der Waals surface area contributed by atoms with Gasteiger partial charge < -0.3 is 15.5 Å². The van der Waals surface area contributed by atoms with E-state index in [2.05, 4.69) is 36.7 Å². The molecule has 2 heterocycles. The van der Waals surface area contributed by atoms with Gasteiger partial charge in [0.2, 0.25) is 10.0 Å². The number of hydrogen-bond donors (Lipinski definition) is 2. The van der Waals surface area contributed by atoms with Crippen LogP contribution in [0.4, 0.5) is 11.4 Å². The molecule has 1 aliphatic rings. The molecule has 0 bridgehead atoms. The van der Waals surface area contributed by atoms with Gasteiger partial charge in [-0.3, -0.25) is 14.5 Å². The number of nitrogens with zero attached hydrogens (tertiary/aromatic N) is 4. The zero-order valence-electron chi connectivity index (χ0n) is 17.3. The lowest BCUT2D eigenvalue weighted by Gasteiger charge is -2.36. The molecule has 0 saturated carbocycles. The Hall–Kier alpha value is -3.01. The van der Waals surface area contributed by atoms with Gasteiger partial charge in [-0.05, 0) is 30.3 Å². The van der Waals surface area contributed by atoms with Gasteiger partial charge in [-0.2, -0.15) is 0 Å². The summed E-state index contributed by atoms with van der Waals surface area (Å²) in [6.45, 7) is 4.88. The van der Waals surface area contributed by atoms with Crippen LogP contribution < -0.4 is 15.5 Å². The molecule has 1 aliphatic heterocycles. The van der Waals surface area contributed by atoms with Crippen molar-refractivity contribution in [3.05, 3.63) is 69.6 Å². The number of benzene rings is 2. The van der Waals surface area contributed by atoms with Gasteiger partial charge >= 0.3 is 0 Å². The Morgan fingerprint density at radius 2 is 1.66 bits per heavy atom. The average Bonchev–Trinajstić information content (AvgIpc) is 3.31. The maximum Gasteiger partial charge on any atom is 0.286 e. The van der Waals surface area contributed by atoms with Crippen LogP contribution >= 0.6 is 22.9 Å². The minimum atomic E-state index is -0.384. The van der Waals surface area contributed by atoms with Crippen LogP contribution in [0.15, 0.2) is 54.6 Å². The maximum absolute atomic E-state index is 12.4. The van der Waals surface area contributed by atoms with Crippen LogP contribution in [0.3, 0.4) is 0 Å². The fourth-order valence-electron chi connectivity index (χ4n) is 3.42. The smallest absolute Gasteiger partial charge is 0.286 e. The zero-order valence-corrected chi connectivity index (χ0v) is 18.9. The summed E-state index contributed by atoms with van der Waals surface area (Å²) in [5, 5.41) is 14.4. The van der Waals surface area contributed by atoms with Gasteiger partial charge in [0.05, 0.1) is 0 Å². The van der Waals surface area contributed by atoms with Gasteiger partial charge in [-0.1, -0.05) is 47.2 Å². The Morgan fingerprint density at radius 3 is 2.38 bits per heavy atom. The van der Waals surface area contributed by atoms with Crippen LogP contribution in [-0.2, 0) is 0 Å². The summed E-state index contributed by atoms with van der Waals surface area (Å²) in [6.07, 6.45) is 0. The molecule has 4 rings (SSSR count). The lowest BCUT2D eigenvalue weighted by Crippen LogP contribution is -2.48. The molecule has 2 amide bonds. The second kappa shape index (κ2) is 10.5. The molecular weight excluding hydrogens is 448 g/mol. The van der Waals surface area contributed by atoms with Crippen molar-refractivity contribution in [3.63, 3.8) is 0 Å². The molecule has 2 N–H and O–H groups in total. The first-order valence-corrected chi connectivity index (χ1v) is 11.5. The van der Waals surface area contributed by atoms with E-state index in [1.165, 1.54) is 0 Å². The number of carbonyl (C=O) groups is 2. The standard InChI is InChI=1S/C22H23ClN6O2S/c23-16-5-4-8-18(15-16)29-13-11-28(12-14-29)10-9-24-19(30)21-26-27-22(32-21)20(31)25-17-6-2-1-3-7-17/h1-8,15H,9-14H2,(H,24,30)(H,25,31). The first-order valence-electron chi connectivity index (χ1n) is 10.3. The monoisotopic (exact) mass is 470 g/mol. The highest BCUT2D eigenvalue weighted by atomic mass is 35.5. The van der Waals surface area contributed by atoms with E-state index < -0.39 is 0 Å². The first-order chi connectivity index (χ1) is 15.6. The van der Waals surface area contributed by atoms with Crippen LogP contribution in [0.25, 0.3) is 0 Å². The highest BCUT2D eigenvalue weighted by Crippen LogP contribution is 2.20. The number of halogens is 1. The topological polar surface area (TPSA) is 90.5 Å². The number of hydrogen-bond acceptors (Lipinski definition) is 7. The van der Waals surface area contributed by atoms with E-state index in [0.29, 0.717) is 12.2 Å². The third-order valence-corrected chi connectivity index (χ3v) is 6.26. The van der Waals surface area contributed by atoms with E-state index in [1.807, 2.05) is 36.4 Å². The van der Waals surface area contributed by atoms with Crippen molar-refractivity contribution >= 4 is 46.1 Å². The number of carbonyl (C=O) groups excluding carboxylic acids is 2. The average molecular weight is 471 g/mol. The number of aromatic nitrogens is 2. The quantitative estimate of drug-likeness (QED) is 0.551. The molecule has 0 unspecified atom stereocenters. The summed E-state index contributed by atoms with van der Waals surface area (Å²) in [4.78, 5) is 29.3. The van der Waals surface area contributed by atoms with E-state index in [9.17, 15) is 9.59 Å². The number of piperazine rings is 1. The van der Waals surface area contributed by atoms with Crippen LogP contribution in [0, 0.1) is 0 Å². The van der Waals surface area contributed by atoms with Crippen molar-refractivity contribution < 1.29 is 9.59 Å². The number of amides is 2. The number of anilines is 2. The highest BCUT2D eigenvalue weighted by molar-refractivity contribution is 7.15. The maximum atomic E-state index is 12.4. The first kappa shape index (κ1) is 22.2. The lowest BCUT2D eigenvalue weighted by atomic mass is 10.2. The summed E-state index contributed by atoms with van der Waals surface area (Å²) >= 11 is 7.06. The molecule has 1 aromatic heterocycles. The minimum Gasteiger partial charge on any atom is -0.369 e. The van der Waals surface area contributed by atoms with Crippen molar-refractivity contribution in [1.82, 2.24) is 20.4 Å². The van der Waals surface area contributed by atoms with Crippen molar-refractivity contribution in [1.29, 1.82) is 0 Å². The van der Waals surface area contributed by atoms with Gasteiger partial charge in [-0.25, -0.2) is 0 Å². The van der Waals surface area contributed by atoms with Crippen molar-refractivity contribution in [2.24, 2.45) is 0 Å². The Balaban J connectivity index is 1.20. The molecular formula is C22H23ClN6O2S. The Kier molecular flexibility index (Phi) is 7.31. The summed E-state index contributed by atoms with van der Waals surface area (Å²) in [7, 11) is 0. The Labute approximate surface area is 195 Å². The summed E-state index contributed by atoms with van der Waals surface area (Å²) in [5.74, 6) is -0.704. The Morgan fingerprint density at radius 1 is 0.938 bits per heavy atom. The van der Waals surface area contributed by atoms with Crippen molar-refractivity contribution in [2.75, 3.05) is 49.5 Å². The normalized spacial score (nSPS) is 14.2. The lowest BCUT2D eigenvalue weighted by molar-refractivity contribution is 0.0945. The third-order valence-electron chi connectivity index (χ3n) is 5.10. The molecule has 1 fully saturated rings. The second-order valence-electron chi connectivity index (χ2n) is 7.30. The second-order valence-corrected chi connectivity index (χ2v) is 8.71. The van der Waals surface area contributed by atoms with Crippen LogP contribution in [0.1, 0.15) is 19.6 Å². The Bertz CT molecular complexity index is 1070. The van der Waals surface area contributed by atoms with E-state index in [4.69, 9.17) is 11.6 Å². The summed E-state index contributed by atoms with van der Waals surface area (Å²) in [6, 6.07) is 17.0. The van der Waals surface area contributed by atoms with E-state index in [0.717, 1.165) is 54.8 Å². The number of nitrogens with one attached hydrogen (secondary N) is 2. The van der Waals surface area contributed by atoms with E-state index in [1.54, 1.807) is 12.1 Å². The van der Waals surface area contributed by atoms with Crippen molar-refractivity contribution in [2.45, 2.75) is 0 Å². The van der Waals surface area contributed by atoms with Gasteiger partial charge in [0, 0.05) is 55.7 Å². The van der Waals surface area contributed by atoms with Crippen LogP contribution in [-0.4, -0.2) is 66.2 Å². The number of para-hydroxylation sites is 1. The molecule has 8 nitrogen and oxygen atoms in total. The summed E-state index contributed by atoms with van der Waals surface area (Å²) < 4.78 is 0. The van der Waals surface area contributed by atoms with Crippen LogP contribution in [0.2, 0.25) is 5.02 Å². The molecule has 0 radical (unpaired) electrons. The van der Waals surface area contributed by atoms with Gasteiger partial charge in [0.25, 0.3) is 11.8 Å². The molecule has 3 aromatic rings. The highest BCUT2D eigenvalue weighted by Gasteiger charge is 2.19. The zero-order chi connectivity index (χ0) is 22.3. The molecule has 0 spiro atoms. The molecule has 0 atom stereocenters. The fraction of sp³-hybridized carbons (Fsp3) is 0.273. The van der Waals surface area contributed by atoms with E-state index >= 15 is 0 Å². The third kappa shape index (κ3) is 5.82. The molecule has 2 aromatic carbocycles. The number of rotatable bonds is 7. The van der Waals surface area contributed by atoms with Gasteiger partial charge in [0.1, 0.15) is 0 Å². The molecule has 1 saturated heterocycles. The fourth-order valence-corrected chi connectivity index (χ4v) is 4.26. The van der Waals surface area contributed by atoms with Crippen molar-refractivity contribution in [3.8, 4) is 0 Å². The van der Waals surface area contributed by atoms with Gasteiger partial charge in [-0.15, -0.1) is 10.2 Å². The predicted octanol–water partition coefficient (Wildman–Crippen LogP) is 3.00. The van der Waals surface area contributed by atoms with E-state index in [-0.39, 0.29) is 21.8 Å². The largest absolute Gasteiger partial charge is 0.369 e. The predicted molar refractivity (Wildman–Crippen MR) is 127 cm³/mol. The van der Waals surface area contributed by atoms with Crippen LogP contribution in [0.5, 0.6) is 0 Å².